The number of unbranched alkanes of at least 4 members (excludes halogenated alkanes) is 50. The van der Waals surface area contributed by atoms with Crippen molar-refractivity contribution in [2.24, 2.45) is 0 Å². The van der Waals surface area contributed by atoms with E-state index in [4.69, 9.17) is 46.9 Å². The lowest BCUT2D eigenvalue weighted by molar-refractivity contribution is -0.360. The fraction of sp³-hybridized carbons (Fsp3) is 0.914. The van der Waals surface area contributed by atoms with Gasteiger partial charge < -0.3 is 88.7 Å². The summed E-state index contributed by atoms with van der Waals surface area (Å²) in [6.07, 6.45) is 33.0. The summed E-state index contributed by atoms with van der Waals surface area (Å²) in [7, 11) is -5.81. The minimum Gasteiger partial charge on any atom is -0.463 e. The summed E-state index contributed by atoms with van der Waals surface area (Å²) in [5.74, 6) is -2.97. The smallest absolute Gasteiger partial charge is 0.463 e. The first-order valence-corrected chi connectivity index (χ1v) is 49.6. The molecule has 0 radical (unpaired) electrons. The minimum absolute atomic E-state index is 0.00538. The van der Waals surface area contributed by atoms with Gasteiger partial charge in [0, 0.05) is 25.7 Å². The Morgan fingerprint density at radius 3 is 1.02 bits per heavy atom. The van der Waals surface area contributed by atoms with E-state index in [-0.39, 0.29) is 25.7 Å². The SMILES string of the molecule is CCCCCC/C=C\CCCCCCCCCC(=O)OCC(COP(=O)(O)OC1C(OC2OC(CO)C(O)C(O)C2O)C(O)C(O)C(OC(=O)CCCCCCCCCCCCCCCCCC)C1OC1OC(COC(=O)CCCCC/C=C\CCCCCCCC)C(O)C(O)C1O)OC(=O)CCCCCCCCCCCCCCCCCC. The molecule has 25 nitrogen and oxygen atoms in total. The fourth-order valence-corrected chi connectivity index (χ4v) is 16.7. The molecule has 2 aliphatic heterocycles. The van der Waals surface area contributed by atoms with Crippen molar-refractivity contribution in [2.45, 2.75) is 517 Å². The van der Waals surface area contributed by atoms with Gasteiger partial charge in [-0.15, -0.1) is 0 Å². The van der Waals surface area contributed by atoms with E-state index in [2.05, 4.69) is 52.0 Å². The Bertz CT molecular complexity index is 2570. The third-order valence-electron chi connectivity index (χ3n) is 23.4. The van der Waals surface area contributed by atoms with E-state index in [0.29, 0.717) is 38.5 Å². The van der Waals surface area contributed by atoms with Crippen LogP contribution in [0.1, 0.15) is 413 Å². The highest BCUT2D eigenvalue weighted by Crippen LogP contribution is 2.49. The van der Waals surface area contributed by atoms with E-state index in [1.807, 2.05) is 0 Å². The lowest BCUT2D eigenvalue weighted by Gasteiger charge is -2.50. The van der Waals surface area contributed by atoms with Crippen LogP contribution in [0, 0.1) is 0 Å². The van der Waals surface area contributed by atoms with Crippen LogP contribution in [0.2, 0.25) is 0 Å². The molecule has 0 aromatic heterocycles. The van der Waals surface area contributed by atoms with E-state index in [1.54, 1.807) is 0 Å². The molecule has 3 fully saturated rings. The molecule has 0 amide bonds. The summed E-state index contributed by atoms with van der Waals surface area (Å²) in [5, 5.41) is 102. The van der Waals surface area contributed by atoms with E-state index >= 15 is 0 Å². The Kier molecular flexibility index (Phi) is 66.7. The van der Waals surface area contributed by atoms with Gasteiger partial charge in [-0.2, -0.15) is 0 Å². The highest BCUT2D eigenvalue weighted by atomic mass is 31.2. The summed E-state index contributed by atoms with van der Waals surface area (Å²) in [5.41, 5.74) is 0. The molecule has 26 heteroatoms. The monoisotopic (exact) mass is 1720 g/mol. The number of hydrogen-bond acceptors (Lipinski definition) is 24. The van der Waals surface area contributed by atoms with Gasteiger partial charge in [-0.3, -0.25) is 28.2 Å². The Morgan fingerprint density at radius 1 is 0.328 bits per heavy atom. The van der Waals surface area contributed by atoms with Crippen LogP contribution >= 0.6 is 7.82 Å². The minimum atomic E-state index is -5.81. The number of carbonyl (C=O) groups excluding carboxylic acids is 4. The van der Waals surface area contributed by atoms with Gasteiger partial charge >= 0.3 is 31.7 Å². The largest absolute Gasteiger partial charge is 0.472 e. The van der Waals surface area contributed by atoms with E-state index in [0.717, 1.165) is 141 Å². The zero-order valence-corrected chi connectivity index (χ0v) is 75.3. The second kappa shape index (κ2) is 72.0. The van der Waals surface area contributed by atoms with E-state index in [9.17, 15) is 74.6 Å². The molecular weight excluding hydrogens is 1550 g/mol. The molecule has 18 atom stereocenters. The summed E-state index contributed by atoms with van der Waals surface area (Å²) in [6.45, 7) is 5.59. The van der Waals surface area contributed by atoms with Gasteiger partial charge in [0.25, 0.3) is 0 Å². The van der Waals surface area contributed by atoms with Gasteiger partial charge in [0.2, 0.25) is 0 Å². The zero-order chi connectivity index (χ0) is 86.8. The molecule has 3 rings (SSSR count). The Balaban J connectivity index is 1.91. The maximum absolute atomic E-state index is 14.9. The number of aliphatic hydroxyl groups is 9. The molecule has 0 aromatic rings. The summed E-state index contributed by atoms with van der Waals surface area (Å²) in [4.78, 5) is 66.5. The average molecular weight is 1720 g/mol. The highest BCUT2D eigenvalue weighted by Gasteiger charge is 2.60. The maximum Gasteiger partial charge on any atom is 0.472 e. The van der Waals surface area contributed by atoms with Crippen LogP contribution < -0.4 is 0 Å². The van der Waals surface area contributed by atoms with Crippen LogP contribution in [0.3, 0.4) is 0 Å². The van der Waals surface area contributed by atoms with Crippen LogP contribution in [-0.2, 0) is 70.7 Å². The molecule has 0 bridgehead atoms. The standard InChI is InChI=1S/C93H171O25P/c1-5-9-13-17-21-25-29-33-36-39-43-47-51-55-59-63-67-78(97)112-73(70-109-76(95)65-61-57-53-49-46-42-38-35-31-27-23-19-15-11-7-3)71-111-119(107,108)118-91-89(116-92-86(105)82(101)80(99)74(69-94)113-92)85(104)84(103)88(115-79(98)68-64-60-56-52-48-44-40-37-34-30-26-22-18-14-10-6-2)90(91)117-93-87(106)83(102)81(100)75(114-93)72-110-77(96)66-62-58-54-50-45-41-32-28-24-20-16-12-8-4/h27,31,41,45,73-75,80-94,99-106H,5-26,28-30,32-40,42-44,46-72H2,1-4H3,(H,107,108)/b31-27-,45-41-. The molecule has 2 saturated heterocycles. The molecule has 0 spiro atoms. The van der Waals surface area contributed by atoms with Gasteiger partial charge in [-0.05, 0) is 77.0 Å². The molecule has 698 valence electrons. The molecule has 1 aliphatic carbocycles. The molecular formula is C93H171O25P. The molecule has 0 aromatic carbocycles. The molecule has 10 N–H and O–H groups in total. The predicted molar refractivity (Wildman–Crippen MR) is 463 cm³/mol. The van der Waals surface area contributed by atoms with Crippen molar-refractivity contribution in [1.82, 2.24) is 0 Å². The Labute approximate surface area is 717 Å². The molecule has 1 saturated carbocycles. The number of esters is 4. The third-order valence-corrected chi connectivity index (χ3v) is 24.4. The highest BCUT2D eigenvalue weighted by molar-refractivity contribution is 7.47. The number of phosphoric ester groups is 1. The number of carbonyl (C=O) groups is 4. The predicted octanol–water partition coefficient (Wildman–Crippen LogP) is 18.1. The van der Waals surface area contributed by atoms with Crippen molar-refractivity contribution in [3.05, 3.63) is 24.3 Å². The lowest BCUT2D eigenvalue weighted by atomic mass is 9.84. The van der Waals surface area contributed by atoms with Crippen LogP contribution in [0.15, 0.2) is 24.3 Å². The molecule has 3 aliphatic rings. The first kappa shape index (κ1) is 110. The van der Waals surface area contributed by atoms with Gasteiger partial charge in [-0.25, -0.2) is 4.57 Å². The first-order valence-electron chi connectivity index (χ1n) is 48.1. The molecule has 2 heterocycles. The molecule has 18 unspecified atom stereocenters. The number of aliphatic hydroxyl groups excluding tert-OH is 9. The average Bonchev–Trinajstić information content (AvgIpc) is 0.753. The maximum atomic E-state index is 14.9. The first-order chi connectivity index (χ1) is 57.7. The van der Waals surface area contributed by atoms with Crippen LogP contribution in [0.5, 0.6) is 0 Å². The van der Waals surface area contributed by atoms with Crippen molar-refractivity contribution < 1.29 is 122 Å². The van der Waals surface area contributed by atoms with Gasteiger partial charge in [0.1, 0.15) is 92.6 Å². The number of ether oxygens (including phenoxy) is 8. The summed E-state index contributed by atoms with van der Waals surface area (Å²) in [6, 6.07) is 0. The van der Waals surface area contributed by atoms with Crippen LogP contribution in [-0.4, -0.2) is 205 Å². The van der Waals surface area contributed by atoms with Crippen molar-refractivity contribution in [2.75, 3.05) is 26.4 Å². The van der Waals surface area contributed by atoms with Crippen molar-refractivity contribution in [3.8, 4) is 0 Å². The third kappa shape index (κ3) is 52.0. The summed E-state index contributed by atoms with van der Waals surface area (Å²) >= 11 is 0. The lowest BCUT2D eigenvalue weighted by Crippen LogP contribution is -2.70. The van der Waals surface area contributed by atoms with Crippen molar-refractivity contribution >= 4 is 31.7 Å². The number of allylic oxidation sites excluding steroid dienone is 4. The number of hydrogen-bond donors (Lipinski definition) is 10. The number of phosphoric acid groups is 1. The van der Waals surface area contributed by atoms with Crippen LogP contribution in [0.25, 0.3) is 0 Å². The van der Waals surface area contributed by atoms with E-state index < -0.39 is 162 Å². The normalized spacial score (nSPS) is 24.9. The van der Waals surface area contributed by atoms with Crippen LogP contribution in [0.4, 0.5) is 0 Å². The van der Waals surface area contributed by atoms with Crippen molar-refractivity contribution in [1.29, 1.82) is 0 Å². The van der Waals surface area contributed by atoms with Gasteiger partial charge in [0.15, 0.2) is 24.8 Å². The number of rotatable bonds is 78. The van der Waals surface area contributed by atoms with E-state index in [1.165, 1.54) is 180 Å². The topological polar surface area (TPSA) is 380 Å². The second-order valence-corrected chi connectivity index (χ2v) is 35.6. The molecule has 119 heavy (non-hydrogen) atoms. The zero-order valence-electron chi connectivity index (χ0n) is 74.4. The van der Waals surface area contributed by atoms with Gasteiger partial charge in [-0.1, -0.05) is 335 Å². The fourth-order valence-electron chi connectivity index (χ4n) is 15.8. The Hall–Kier alpha value is -3.05. The Morgan fingerprint density at radius 2 is 0.630 bits per heavy atom. The summed E-state index contributed by atoms with van der Waals surface area (Å²) < 4.78 is 73.5. The van der Waals surface area contributed by atoms with Gasteiger partial charge in [0.05, 0.1) is 13.2 Å². The second-order valence-electron chi connectivity index (χ2n) is 34.2. The van der Waals surface area contributed by atoms with Crippen molar-refractivity contribution in [3.63, 3.8) is 0 Å². The quantitative estimate of drug-likeness (QED) is 0.00889.